The molecule has 6 nitrogen and oxygen atoms in total. The largest absolute Gasteiger partial charge is 0.487 e. The van der Waals surface area contributed by atoms with E-state index in [1.807, 2.05) is 0 Å². The zero-order valence-electron chi connectivity index (χ0n) is 18.2. The summed E-state index contributed by atoms with van der Waals surface area (Å²) in [6, 6.07) is 8.05. The molecule has 182 valence electrons. The van der Waals surface area contributed by atoms with Gasteiger partial charge in [0.25, 0.3) is 0 Å². The van der Waals surface area contributed by atoms with Crippen LogP contribution >= 0.6 is 0 Å². The number of rotatable bonds is 9. The Morgan fingerprint density at radius 2 is 1.85 bits per heavy atom. The number of carbonyl (C=O) groups excluding carboxylic acids is 2. The first-order valence-electron chi connectivity index (χ1n) is 11.1. The average Bonchev–Trinajstić information content (AvgIpc) is 3.45. The molecule has 1 N–H and O–H groups in total. The zero-order valence-corrected chi connectivity index (χ0v) is 18.2. The van der Waals surface area contributed by atoms with Crippen molar-refractivity contribution >= 4 is 17.9 Å². The summed E-state index contributed by atoms with van der Waals surface area (Å²) >= 11 is 0. The fourth-order valence-corrected chi connectivity index (χ4v) is 4.43. The second kappa shape index (κ2) is 10.3. The van der Waals surface area contributed by atoms with Crippen LogP contribution in [0.5, 0.6) is 11.5 Å². The van der Waals surface area contributed by atoms with Crippen LogP contribution in [0.3, 0.4) is 0 Å². The third kappa shape index (κ3) is 5.26. The lowest BCUT2D eigenvalue weighted by atomic mass is 9.98. The maximum absolute atomic E-state index is 14.0. The SMILES string of the molecule is O=CC(Nc1cccc(F)c1F)N1CC(c2ccc(OC(F)F)c(OC3CCCC3)c2)CC1=O. The molecule has 1 aliphatic heterocycles. The molecule has 0 bridgehead atoms. The number of likely N-dealkylation sites (tertiary alicyclic amines) is 1. The number of halogens is 4. The van der Waals surface area contributed by atoms with Gasteiger partial charge in [-0.15, -0.1) is 0 Å². The molecule has 1 amide bonds. The summed E-state index contributed by atoms with van der Waals surface area (Å²) in [7, 11) is 0. The number of aldehydes is 1. The Morgan fingerprint density at radius 1 is 1.09 bits per heavy atom. The minimum atomic E-state index is -3.01. The third-order valence-corrected chi connectivity index (χ3v) is 6.13. The van der Waals surface area contributed by atoms with Crippen molar-refractivity contribution in [3.63, 3.8) is 0 Å². The molecule has 1 saturated heterocycles. The molecule has 4 rings (SSSR count). The molecule has 1 heterocycles. The predicted molar refractivity (Wildman–Crippen MR) is 115 cm³/mol. The number of ether oxygens (including phenoxy) is 2. The van der Waals surface area contributed by atoms with Gasteiger partial charge in [0.15, 0.2) is 35.6 Å². The van der Waals surface area contributed by atoms with E-state index in [4.69, 9.17) is 4.74 Å². The number of nitrogens with one attached hydrogen (secondary N) is 1. The Labute approximate surface area is 193 Å². The Bertz CT molecular complexity index is 1050. The van der Waals surface area contributed by atoms with Gasteiger partial charge in [0, 0.05) is 18.9 Å². The lowest BCUT2D eigenvalue weighted by Crippen LogP contribution is -2.43. The molecule has 1 saturated carbocycles. The number of carbonyl (C=O) groups is 2. The van der Waals surface area contributed by atoms with Crippen LogP contribution < -0.4 is 14.8 Å². The van der Waals surface area contributed by atoms with Gasteiger partial charge < -0.3 is 19.7 Å². The number of nitrogens with zero attached hydrogens (tertiary/aromatic N) is 1. The van der Waals surface area contributed by atoms with E-state index < -0.39 is 24.4 Å². The Kier molecular flexibility index (Phi) is 7.23. The van der Waals surface area contributed by atoms with Gasteiger partial charge in [0.1, 0.15) is 0 Å². The highest BCUT2D eigenvalue weighted by Crippen LogP contribution is 2.38. The normalized spacial score (nSPS) is 19.5. The molecular weight excluding hydrogens is 456 g/mol. The second-order valence-electron chi connectivity index (χ2n) is 8.38. The molecule has 2 atom stereocenters. The molecular formula is C24H24F4N2O4. The average molecular weight is 480 g/mol. The molecule has 0 radical (unpaired) electrons. The molecule has 2 unspecified atom stereocenters. The molecule has 0 spiro atoms. The van der Waals surface area contributed by atoms with Crippen molar-refractivity contribution in [1.82, 2.24) is 4.90 Å². The maximum Gasteiger partial charge on any atom is 0.387 e. The van der Waals surface area contributed by atoms with Crippen LogP contribution in [-0.2, 0) is 9.59 Å². The van der Waals surface area contributed by atoms with Gasteiger partial charge in [-0.1, -0.05) is 12.1 Å². The lowest BCUT2D eigenvalue weighted by Gasteiger charge is -2.26. The standard InChI is InChI=1S/C24H24F4N2O4/c25-17-6-3-7-18(23(17)26)29-21(13-31)30-12-15(11-22(30)32)14-8-9-19(34-24(27)28)20(10-14)33-16-4-1-2-5-16/h3,6-10,13,15-16,21,24,29H,1-2,4-5,11-12H2. The van der Waals surface area contributed by atoms with E-state index in [1.165, 1.54) is 23.1 Å². The molecule has 0 aromatic heterocycles. The van der Waals surface area contributed by atoms with Crippen molar-refractivity contribution in [3.8, 4) is 11.5 Å². The Balaban J connectivity index is 1.52. The molecule has 1 aliphatic carbocycles. The van der Waals surface area contributed by atoms with E-state index in [0.717, 1.165) is 31.7 Å². The highest BCUT2D eigenvalue weighted by molar-refractivity contribution is 5.84. The maximum atomic E-state index is 14.0. The number of alkyl halides is 2. The van der Waals surface area contributed by atoms with Gasteiger partial charge in [-0.25, -0.2) is 8.78 Å². The molecule has 2 fully saturated rings. The first-order valence-corrected chi connectivity index (χ1v) is 11.1. The van der Waals surface area contributed by atoms with E-state index >= 15 is 0 Å². The van der Waals surface area contributed by atoms with Gasteiger partial charge in [-0.05, 0) is 55.5 Å². The van der Waals surface area contributed by atoms with Crippen molar-refractivity contribution in [3.05, 3.63) is 53.6 Å². The number of hydrogen-bond donors (Lipinski definition) is 1. The fourth-order valence-electron chi connectivity index (χ4n) is 4.43. The van der Waals surface area contributed by atoms with Crippen LogP contribution in [-0.4, -0.2) is 42.5 Å². The molecule has 2 aliphatic rings. The van der Waals surface area contributed by atoms with Crippen LogP contribution in [0.1, 0.15) is 43.6 Å². The second-order valence-corrected chi connectivity index (χ2v) is 8.38. The molecule has 2 aromatic rings. The van der Waals surface area contributed by atoms with Crippen LogP contribution in [0.2, 0.25) is 0 Å². The Hall–Kier alpha value is -3.30. The van der Waals surface area contributed by atoms with Crippen molar-refractivity contribution < 1.29 is 36.6 Å². The van der Waals surface area contributed by atoms with Gasteiger partial charge >= 0.3 is 6.61 Å². The monoisotopic (exact) mass is 480 g/mol. The summed E-state index contributed by atoms with van der Waals surface area (Å²) in [5, 5.41) is 2.57. The first-order chi connectivity index (χ1) is 16.4. The summed E-state index contributed by atoms with van der Waals surface area (Å²) in [5.74, 6) is -2.86. The van der Waals surface area contributed by atoms with E-state index in [2.05, 4.69) is 10.1 Å². The van der Waals surface area contributed by atoms with E-state index in [-0.39, 0.29) is 48.1 Å². The highest BCUT2D eigenvalue weighted by atomic mass is 19.3. The highest BCUT2D eigenvalue weighted by Gasteiger charge is 2.36. The number of benzene rings is 2. The molecule has 34 heavy (non-hydrogen) atoms. The fraction of sp³-hybridized carbons (Fsp3) is 0.417. The summed E-state index contributed by atoms with van der Waals surface area (Å²) in [5.41, 5.74) is 0.418. The van der Waals surface area contributed by atoms with Gasteiger partial charge in [0.2, 0.25) is 5.91 Å². The quantitative estimate of drug-likeness (QED) is 0.411. The van der Waals surface area contributed by atoms with Gasteiger partial charge in [0.05, 0.1) is 11.8 Å². The number of anilines is 1. The van der Waals surface area contributed by atoms with Crippen molar-refractivity contribution in [2.24, 2.45) is 0 Å². The van der Waals surface area contributed by atoms with Crippen molar-refractivity contribution in [1.29, 1.82) is 0 Å². The number of hydrogen-bond acceptors (Lipinski definition) is 5. The molecule has 10 heteroatoms. The Morgan fingerprint density at radius 3 is 2.56 bits per heavy atom. The summed E-state index contributed by atoms with van der Waals surface area (Å²) in [4.78, 5) is 25.6. The summed E-state index contributed by atoms with van der Waals surface area (Å²) in [6.07, 6.45) is 2.82. The van der Waals surface area contributed by atoms with Crippen LogP contribution in [0.15, 0.2) is 36.4 Å². The first kappa shape index (κ1) is 23.8. The van der Waals surface area contributed by atoms with Crippen molar-refractivity contribution in [2.75, 3.05) is 11.9 Å². The van der Waals surface area contributed by atoms with Crippen LogP contribution in [0.25, 0.3) is 0 Å². The minimum absolute atomic E-state index is 0.0512. The summed E-state index contributed by atoms with van der Waals surface area (Å²) < 4.78 is 63.8. The zero-order chi connectivity index (χ0) is 24.2. The number of amides is 1. The minimum Gasteiger partial charge on any atom is -0.487 e. The smallest absolute Gasteiger partial charge is 0.387 e. The molecule has 2 aromatic carbocycles. The van der Waals surface area contributed by atoms with Crippen LogP contribution in [0.4, 0.5) is 23.2 Å². The summed E-state index contributed by atoms with van der Waals surface area (Å²) in [6.45, 7) is -2.90. The van der Waals surface area contributed by atoms with Gasteiger partial charge in [-0.2, -0.15) is 8.78 Å². The van der Waals surface area contributed by atoms with E-state index in [1.54, 1.807) is 12.1 Å². The topological polar surface area (TPSA) is 67.9 Å². The predicted octanol–water partition coefficient (Wildman–Crippen LogP) is 4.84. The van der Waals surface area contributed by atoms with Crippen molar-refractivity contribution in [2.45, 2.75) is 56.9 Å². The van der Waals surface area contributed by atoms with E-state index in [9.17, 15) is 27.2 Å². The van der Waals surface area contributed by atoms with Gasteiger partial charge in [-0.3, -0.25) is 9.59 Å². The van der Waals surface area contributed by atoms with E-state index in [0.29, 0.717) is 11.8 Å². The third-order valence-electron chi connectivity index (χ3n) is 6.13. The lowest BCUT2D eigenvalue weighted by molar-refractivity contribution is -0.132. The van der Waals surface area contributed by atoms with Crippen LogP contribution in [0, 0.1) is 11.6 Å².